The first kappa shape index (κ1) is 28.6. The molecule has 0 radical (unpaired) electrons. The number of hydrogen-bond donors (Lipinski definition) is 2. The Morgan fingerprint density at radius 2 is 1.62 bits per heavy atom. The quantitative estimate of drug-likeness (QED) is 0.276. The molecule has 0 spiro atoms. The molecule has 206 valence electrons. The third-order valence-corrected chi connectivity index (χ3v) is 7.14. The smallest absolute Gasteiger partial charge is 0.335 e. The summed E-state index contributed by atoms with van der Waals surface area (Å²) >= 11 is 3.43. The van der Waals surface area contributed by atoms with Crippen molar-refractivity contribution in [1.29, 1.82) is 0 Å². The molecule has 9 nitrogen and oxygen atoms in total. The molecule has 0 aromatic heterocycles. The molecule has 3 aromatic carbocycles. The number of barbiturate groups is 1. The molecular weight excluding hydrogens is 578 g/mol. The number of methoxy groups -OCH3 is 1. The molecule has 1 heterocycles. The van der Waals surface area contributed by atoms with Gasteiger partial charge in [-0.2, -0.15) is 0 Å². The number of nitrogens with zero attached hydrogens (tertiary/aromatic N) is 1. The Kier molecular flexibility index (Phi) is 8.39. The van der Waals surface area contributed by atoms with Crippen molar-refractivity contribution < 1.29 is 28.7 Å². The molecule has 1 fully saturated rings. The largest absolute Gasteiger partial charge is 0.493 e. The van der Waals surface area contributed by atoms with Gasteiger partial charge in [0.1, 0.15) is 5.57 Å². The Labute approximate surface area is 240 Å². The maximum Gasteiger partial charge on any atom is 0.335 e. The van der Waals surface area contributed by atoms with Crippen molar-refractivity contribution >= 4 is 57.1 Å². The number of carbonyl (C=O) groups is 4. The summed E-state index contributed by atoms with van der Waals surface area (Å²) in [6, 6.07) is 13.1. The fourth-order valence-electron chi connectivity index (χ4n) is 4.04. The minimum Gasteiger partial charge on any atom is -0.493 e. The number of aryl methyl sites for hydroxylation is 4. The minimum absolute atomic E-state index is 0.229. The van der Waals surface area contributed by atoms with E-state index in [1.807, 2.05) is 45.9 Å². The van der Waals surface area contributed by atoms with Crippen LogP contribution < -0.4 is 25.0 Å². The molecule has 1 aliphatic rings. The van der Waals surface area contributed by atoms with Gasteiger partial charge in [0.25, 0.3) is 17.7 Å². The number of amides is 5. The summed E-state index contributed by atoms with van der Waals surface area (Å²) < 4.78 is 11.6. The summed E-state index contributed by atoms with van der Waals surface area (Å²) in [5, 5.41) is 5.02. The molecule has 4 rings (SSSR count). The first-order valence-corrected chi connectivity index (χ1v) is 13.1. The number of anilines is 2. The standard InChI is InChI=1S/C30H28BrN3O6/c1-16-6-8-21(10-18(16)3)32-26(35)15-40-27-24(31)13-20(14-25(27)39-5)12-23-28(36)33-30(38)34(29(23)37)22-9-7-17(2)19(4)11-22/h6-14H,15H2,1-5H3,(H,32,35)(H,33,36,38)/b23-12-. The molecule has 1 aliphatic heterocycles. The van der Waals surface area contributed by atoms with Gasteiger partial charge in [0.15, 0.2) is 18.1 Å². The van der Waals surface area contributed by atoms with E-state index in [-0.39, 0.29) is 29.6 Å². The summed E-state index contributed by atoms with van der Waals surface area (Å²) in [5.74, 6) is -1.38. The van der Waals surface area contributed by atoms with Gasteiger partial charge in [-0.3, -0.25) is 19.7 Å². The molecule has 40 heavy (non-hydrogen) atoms. The van der Waals surface area contributed by atoms with Crippen LogP contribution in [0.4, 0.5) is 16.2 Å². The molecule has 3 aromatic rings. The summed E-state index contributed by atoms with van der Waals surface area (Å²) in [7, 11) is 1.43. The lowest BCUT2D eigenvalue weighted by atomic mass is 10.0. The molecule has 2 N–H and O–H groups in total. The van der Waals surface area contributed by atoms with Crippen molar-refractivity contribution in [2.45, 2.75) is 27.7 Å². The summed E-state index contributed by atoms with van der Waals surface area (Å²) in [6.07, 6.45) is 1.36. The van der Waals surface area contributed by atoms with Crippen LogP contribution in [0.25, 0.3) is 6.08 Å². The number of nitrogens with one attached hydrogen (secondary N) is 2. The highest BCUT2D eigenvalue weighted by Crippen LogP contribution is 2.37. The lowest BCUT2D eigenvalue weighted by molar-refractivity contribution is -0.122. The van der Waals surface area contributed by atoms with Crippen LogP contribution >= 0.6 is 15.9 Å². The number of benzene rings is 3. The SMILES string of the molecule is COc1cc(/C=C2/C(=O)NC(=O)N(c3ccc(C)c(C)c3)C2=O)cc(Br)c1OCC(=O)Nc1ccc(C)c(C)c1. The minimum atomic E-state index is -0.822. The molecule has 0 bridgehead atoms. The van der Waals surface area contributed by atoms with Crippen molar-refractivity contribution in [1.82, 2.24) is 5.32 Å². The van der Waals surface area contributed by atoms with Gasteiger partial charge in [-0.25, -0.2) is 9.69 Å². The van der Waals surface area contributed by atoms with E-state index in [0.717, 1.165) is 27.2 Å². The van der Waals surface area contributed by atoms with Crippen molar-refractivity contribution in [2.24, 2.45) is 0 Å². The van der Waals surface area contributed by atoms with E-state index in [0.29, 0.717) is 21.4 Å². The fourth-order valence-corrected chi connectivity index (χ4v) is 4.61. The van der Waals surface area contributed by atoms with E-state index < -0.39 is 17.8 Å². The highest BCUT2D eigenvalue weighted by atomic mass is 79.9. The topological polar surface area (TPSA) is 114 Å². The first-order valence-electron chi connectivity index (χ1n) is 12.3. The van der Waals surface area contributed by atoms with Crippen LogP contribution in [0.1, 0.15) is 27.8 Å². The van der Waals surface area contributed by atoms with Crippen LogP contribution in [0.15, 0.2) is 58.6 Å². The van der Waals surface area contributed by atoms with Gasteiger partial charge >= 0.3 is 6.03 Å². The van der Waals surface area contributed by atoms with Gasteiger partial charge < -0.3 is 14.8 Å². The van der Waals surface area contributed by atoms with Crippen molar-refractivity contribution in [2.75, 3.05) is 23.9 Å². The first-order chi connectivity index (χ1) is 19.0. The number of urea groups is 1. The van der Waals surface area contributed by atoms with Gasteiger partial charge in [-0.05, 0) is 114 Å². The van der Waals surface area contributed by atoms with Crippen LogP contribution in [-0.2, 0) is 14.4 Å². The molecule has 0 saturated carbocycles. The van der Waals surface area contributed by atoms with Crippen LogP contribution in [0.5, 0.6) is 11.5 Å². The number of halogens is 1. The predicted molar refractivity (Wildman–Crippen MR) is 156 cm³/mol. The summed E-state index contributed by atoms with van der Waals surface area (Å²) in [5.41, 5.74) is 5.29. The zero-order chi connectivity index (χ0) is 29.1. The summed E-state index contributed by atoms with van der Waals surface area (Å²) in [4.78, 5) is 51.9. The third kappa shape index (κ3) is 6.07. The normalized spacial score (nSPS) is 14.3. The lowest BCUT2D eigenvalue weighted by Crippen LogP contribution is -2.54. The zero-order valence-corrected chi connectivity index (χ0v) is 24.3. The molecule has 0 atom stereocenters. The Morgan fingerprint density at radius 3 is 2.27 bits per heavy atom. The highest BCUT2D eigenvalue weighted by molar-refractivity contribution is 9.10. The van der Waals surface area contributed by atoms with Crippen LogP contribution in [0.2, 0.25) is 0 Å². The fraction of sp³-hybridized carbons (Fsp3) is 0.200. The number of hydrogen-bond acceptors (Lipinski definition) is 6. The van der Waals surface area contributed by atoms with E-state index in [1.165, 1.54) is 13.2 Å². The number of imide groups is 2. The van der Waals surface area contributed by atoms with Crippen molar-refractivity contribution in [3.05, 3.63) is 86.4 Å². The average Bonchev–Trinajstić information content (AvgIpc) is 2.89. The maximum atomic E-state index is 13.3. The van der Waals surface area contributed by atoms with Gasteiger partial charge in [-0.1, -0.05) is 12.1 Å². The van der Waals surface area contributed by atoms with E-state index in [4.69, 9.17) is 9.47 Å². The number of rotatable bonds is 7. The number of carbonyl (C=O) groups excluding carboxylic acids is 4. The Balaban J connectivity index is 1.56. The second-order valence-electron chi connectivity index (χ2n) is 9.40. The van der Waals surface area contributed by atoms with Crippen LogP contribution in [-0.4, -0.2) is 37.5 Å². The number of ether oxygens (including phenoxy) is 2. The molecule has 5 amide bonds. The van der Waals surface area contributed by atoms with Gasteiger partial charge in [0.2, 0.25) is 0 Å². The van der Waals surface area contributed by atoms with E-state index in [1.54, 1.807) is 30.3 Å². The van der Waals surface area contributed by atoms with Crippen molar-refractivity contribution in [3.63, 3.8) is 0 Å². The molecule has 1 saturated heterocycles. The zero-order valence-electron chi connectivity index (χ0n) is 22.7. The van der Waals surface area contributed by atoms with Crippen LogP contribution in [0.3, 0.4) is 0 Å². The Bertz CT molecular complexity index is 1580. The third-order valence-electron chi connectivity index (χ3n) is 6.55. The summed E-state index contributed by atoms with van der Waals surface area (Å²) in [6.45, 7) is 7.46. The molecule has 0 aliphatic carbocycles. The Hall–Kier alpha value is -4.44. The Morgan fingerprint density at radius 1 is 0.950 bits per heavy atom. The van der Waals surface area contributed by atoms with Gasteiger partial charge in [0.05, 0.1) is 17.3 Å². The second-order valence-corrected chi connectivity index (χ2v) is 10.3. The van der Waals surface area contributed by atoms with E-state index in [2.05, 4.69) is 26.6 Å². The van der Waals surface area contributed by atoms with Crippen LogP contribution in [0, 0.1) is 27.7 Å². The monoisotopic (exact) mass is 605 g/mol. The molecule has 0 unspecified atom stereocenters. The van der Waals surface area contributed by atoms with E-state index >= 15 is 0 Å². The lowest BCUT2D eigenvalue weighted by Gasteiger charge is -2.27. The molecule has 10 heteroatoms. The van der Waals surface area contributed by atoms with Crippen molar-refractivity contribution in [3.8, 4) is 11.5 Å². The van der Waals surface area contributed by atoms with Gasteiger partial charge in [-0.15, -0.1) is 0 Å². The average molecular weight is 606 g/mol. The predicted octanol–water partition coefficient (Wildman–Crippen LogP) is 5.38. The second kappa shape index (κ2) is 11.7. The maximum absolute atomic E-state index is 13.3. The van der Waals surface area contributed by atoms with Gasteiger partial charge in [0, 0.05) is 5.69 Å². The molecular formula is C30H28BrN3O6. The highest BCUT2D eigenvalue weighted by Gasteiger charge is 2.37. The van der Waals surface area contributed by atoms with E-state index in [9.17, 15) is 19.2 Å².